The Morgan fingerprint density at radius 2 is 1.21 bits per heavy atom. The highest BCUT2D eigenvalue weighted by Gasteiger charge is 2.32. The molecule has 0 spiro atoms. The summed E-state index contributed by atoms with van der Waals surface area (Å²) in [6.07, 6.45) is 5.83. The summed E-state index contributed by atoms with van der Waals surface area (Å²) in [4.78, 5) is 11.8. The first-order valence-corrected chi connectivity index (χ1v) is 14.6. The predicted molar refractivity (Wildman–Crippen MR) is 172 cm³/mol. The molecule has 4 aromatic carbocycles. The number of aromatic nitrogens is 2. The monoisotopic (exact) mass is 539 g/mol. The van der Waals surface area contributed by atoms with Gasteiger partial charge in [-0.15, -0.1) is 0 Å². The summed E-state index contributed by atoms with van der Waals surface area (Å²) >= 11 is 0. The van der Waals surface area contributed by atoms with Crippen molar-refractivity contribution in [2.75, 3.05) is 4.90 Å². The van der Waals surface area contributed by atoms with E-state index in [0.29, 0.717) is 5.92 Å². The van der Waals surface area contributed by atoms with Gasteiger partial charge >= 0.3 is 0 Å². The van der Waals surface area contributed by atoms with Gasteiger partial charge in [-0.1, -0.05) is 97.1 Å². The third kappa shape index (κ3) is 4.05. The lowest BCUT2D eigenvalue weighted by Gasteiger charge is -2.28. The molecule has 0 amide bonds. The van der Waals surface area contributed by atoms with E-state index in [-0.39, 0.29) is 0 Å². The molecule has 1 aliphatic heterocycles. The molecule has 0 unspecified atom stereocenters. The van der Waals surface area contributed by atoms with Crippen molar-refractivity contribution in [3.8, 4) is 11.4 Å². The third-order valence-electron chi connectivity index (χ3n) is 8.61. The number of hydrogen-bond donors (Lipinski definition) is 0. The van der Waals surface area contributed by atoms with Gasteiger partial charge in [0.1, 0.15) is 0 Å². The molecule has 1 aliphatic carbocycles. The molecule has 2 aromatic heterocycles. The van der Waals surface area contributed by atoms with E-state index in [1.807, 2.05) is 30.6 Å². The molecule has 42 heavy (non-hydrogen) atoms. The molecule has 6 aromatic rings. The van der Waals surface area contributed by atoms with E-state index >= 15 is 0 Å². The minimum Gasteiger partial charge on any atom is -0.308 e. The quantitative estimate of drug-likeness (QED) is 0.224. The molecule has 1 atom stereocenters. The van der Waals surface area contributed by atoms with Crippen LogP contribution < -0.4 is 4.90 Å². The number of para-hydroxylation sites is 2. The van der Waals surface area contributed by atoms with Crippen LogP contribution in [0.1, 0.15) is 46.6 Å². The molecule has 0 N–H and O–H groups in total. The van der Waals surface area contributed by atoms with Crippen LogP contribution in [0.25, 0.3) is 22.5 Å². The van der Waals surface area contributed by atoms with E-state index < -0.39 is 0 Å². The highest BCUT2D eigenvalue weighted by atomic mass is 15.2. The summed E-state index contributed by atoms with van der Waals surface area (Å²) in [6.45, 7) is 0. The Balaban J connectivity index is 1.34. The normalized spacial score (nSPS) is 15.5. The van der Waals surface area contributed by atoms with Crippen molar-refractivity contribution in [1.29, 1.82) is 0 Å². The Hall–Kier alpha value is -5.28. The smallest absolute Gasteiger partial charge is 0.0887 e. The van der Waals surface area contributed by atoms with Gasteiger partial charge < -0.3 is 4.90 Å². The van der Waals surface area contributed by atoms with Gasteiger partial charge in [-0.3, -0.25) is 9.97 Å². The lowest BCUT2D eigenvalue weighted by atomic mass is 9.84. The molecule has 2 aliphatic rings. The number of anilines is 3. The molecule has 0 radical (unpaired) electrons. The molecular weight excluding hydrogens is 510 g/mol. The maximum absolute atomic E-state index is 4.87. The summed E-state index contributed by atoms with van der Waals surface area (Å²) < 4.78 is 0. The fourth-order valence-corrected chi connectivity index (χ4v) is 6.76. The van der Waals surface area contributed by atoms with Gasteiger partial charge in [0.05, 0.1) is 34.6 Å². The fraction of sp³-hybridized carbons (Fsp3) is 0.0769. The van der Waals surface area contributed by atoms with E-state index in [1.165, 1.54) is 44.7 Å². The molecule has 0 fully saturated rings. The van der Waals surface area contributed by atoms with E-state index in [9.17, 15) is 0 Å². The van der Waals surface area contributed by atoms with Crippen LogP contribution >= 0.6 is 0 Å². The summed E-state index contributed by atoms with van der Waals surface area (Å²) in [6, 6.07) is 47.9. The first-order valence-electron chi connectivity index (χ1n) is 14.6. The number of allylic oxidation sites excluding steroid dienone is 1. The summed E-state index contributed by atoms with van der Waals surface area (Å²) in [5.74, 6) is 0.341. The highest BCUT2D eigenvalue weighted by molar-refractivity contribution is 6.09. The van der Waals surface area contributed by atoms with Crippen LogP contribution in [0.5, 0.6) is 0 Å². The zero-order chi connectivity index (χ0) is 27.9. The fourth-order valence-electron chi connectivity index (χ4n) is 6.76. The van der Waals surface area contributed by atoms with Crippen molar-refractivity contribution in [3.05, 3.63) is 174 Å². The van der Waals surface area contributed by atoms with Crippen LogP contribution in [-0.4, -0.2) is 9.97 Å². The molecule has 0 bridgehead atoms. The number of rotatable bonds is 3. The average molecular weight is 540 g/mol. The second kappa shape index (κ2) is 10.3. The molecule has 3 nitrogen and oxygen atoms in total. The molecular formula is C39H29N3. The number of hydrogen-bond acceptors (Lipinski definition) is 3. The molecule has 0 saturated carbocycles. The van der Waals surface area contributed by atoms with Crippen LogP contribution in [0, 0.1) is 0 Å². The van der Waals surface area contributed by atoms with Crippen molar-refractivity contribution in [2.45, 2.75) is 18.8 Å². The molecule has 3 heterocycles. The van der Waals surface area contributed by atoms with E-state index in [1.54, 1.807) is 0 Å². The van der Waals surface area contributed by atoms with Crippen LogP contribution in [0.3, 0.4) is 0 Å². The van der Waals surface area contributed by atoms with Gasteiger partial charge in [-0.25, -0.2) is 0 Å². The molecule has 3 heteroatoms. The maximum Gasteiger partial charge on any atom is 0.0887 e. The SMILES string of the molecule is c1ccc([C@@H]2CCC3=C(c4ccccc42)c2ccccc2N(c2ccc(-c4ccccn4)nc2)c2ccccc23)cc1. The van der Waals surface area contributed by atoms with Crippen LogP contribution in [0.15, 0.2) is 146 Å². The van der Waals surface area contributed by atoms with Crippen molar-refractivity contribution >= 4 is 28.2 Å². The first kappa shape index (κ1) is 24.5. The number of nitrogens with zero attached hydrogens (tertiary/aromatic N) is 3. The Labute approximate surface area is 246 Å². The van der Waals surface area contributed by atoms with Crippen LogP contribution in [0.2, 0.25) is 0 Å². The second-order valence-corrected chi connectivity index (χ2v) is 10.9. The molecule has 200 valence electrons. The van der Waals surface area contributed by atoms with Crippen LogP contribution in [0.4, 0.5) is 17.1 Å². The zero-order valence-electron chi connectivity index (χ0n) is 23.2. The van der Waals surface area contributed by atoms with Gasteiger partial charge in [-0.2, -0.15) is 0 Å². The lowest BCUT2D eigenvalue weighted by Crippen LogP contribution is -2.13. The lowest BCUT2D eigenvalue weighted by molar-refractivity contribution is 0.740. The largest absolute Gasteiger partial charge is 0.308 e. The minimum atomic E-state index is 0.341. The van der Waals surface area contributed by atoms with Crippen molar-refractivity contribution in [2.24, 2.45) is 0 Å². The summed E-state index contributed by atoms with van der Waals surface area (Å²) in [5, 5.41) is 0. The minimum absolute atomic E-state index is 0.341. The Kier molecular flexibility index (Phi) is 6.00. The number of fused-ring (bicyclic) bond motifs is 6. The molecule has 8 rings (SSSR count). The van der Waals surface area contributed by atoms with Gasteiger partial charge in [-0.05, 0) is 77.1 Å². The third-order valence-corrected chi connectivity index (χ3v) is 8.61. The van der Waals surface area contributed by atoms with E-state index in [4.69, 9.17) is 4.98 Å². The predicted octanol–water partition coefficient (Wildman–Crippen LogP) is 9.81. The number of pyridine rings is 2. The van der Waals surface area contributed by atoms with Crippen molar-refractivity contribution < 1.29 is 0 Å². The topological polar surface area (TPSA) is 29.0 Å². The zero-order valence-corrected chi connectivity index (χ0v) is 23.2. The Bertz CT molecular complexity index is 1920. The van der Waals surface area contributed by atoms with Crippen molar-refractivity contribution in [1.82, 2.24) is 9.97 Å². The Morgan fingerprint density at radius 3 is 1.98 bits per heavy atom. The number of benzene rings is 4. The summed E-state index contributed by atoms with van der Waals surface area (Å²) in [5.41, 5.74) is 14.5. The first-order chi connectivity index (χ1) is 20.9. The summed E-state index contributed by atoms with van der Waals surface area (Å²) in [7, 11) is 0. The molecule has 0 saturated heterocycles. The van der Waals surface area contributed by atoms with Gasteiger partial charge in [0.15, 0.2) is 0 Å². The second-order valence-electron chi connectivity index (χ2n) is 10.9. The standard InChI is InChI=1S/C39H29N3/c1-2-12-27(13-3-1)29-22-23-33-31-15-6-8-19-37(31)42(28-21-24-36(41-26-28)35-18-10-11-25-40-35)38-20-9-7-17-34(38)39(33)32-16-5-4-14-30(29)32/h1-21,24-26,29H,22-23H2/t29-/m0/s1. The van der Waals surface area contributed by atoms with Gasteiger partial charge in [0.2, 0.25) is 0 Å². The van der Waals surface area contributed by atoms with Gasteiger partial charge in [0.25, 0.3) is 0 Å². The van der Waals surface area contributed by atoms with Crippen molar-refractivity contribution in [3.63, 3.8) is 0 Å². The highest BCUT2D eigenvalue weighted by Crippen LogP contribution is 2.53. The van der Waals surface area contributed by atoms with Gasteiger partial charge in [0, 0.05) is 23.2 Å². The van der Waals surface area contributed by atoms with E-state index in [0.717, 1.165) is 35.6 Å². The van der Waals surface area contributed by atoms with E-state index in [2.05, 4.69) is 125 Å². The van der Waals surface area contributed by atoms with Crippen LogP contribution in [-0.2, 0) is 0 Å². The average Bonchev–Trinajstić information content (AvgIpc) is 3.31. The maximum atomic E-state index is 4.87. The Morgan fingerprint density at radius 1 is 0.548 bits per heavy atom.